The van der Waals surface area contributed by atoms with E-state index in [1.165, 1.54) is 0 Å². The van der Waals surface area contributed by atoms with E-state index >= 15 is 0 Å². The van der Waals surface area contributed by atoms with Gasteiger partial charge in [0.2, 0.25) is 0 Å². The van der Waals surface area contributed by atoms with Crippen molar-refractivity contribution >= 4 is 14.8 Å². The molecule has 0 heterocycles. The predicted molar refractivity (Wildman–Crippen MR) is 52.6 cm³/mol. The molecule has 0 rings (SSSR count). The normalized spacial score (nSPS) is 9.67. The van der Waals surface area contributed by atoms with Gasteiger partial charge in [0.15, 0.2) is 0 Å². The quantitative estimate of drug-likeness (QED) is 0.457. The molecule has 0 aliphatic rings. The first kappa shape index (κ1) is 12.0. The molecule has 9 heavy (non-hydrogen) atoms. The second-order valence-electron chi connectivity index (χ2n) is 4.73. The number of rotatable bonds is 0. The van der Waals surface area contributed by atoms with Gasteiger partial charge in [-0.1, -0.05) is 46.7 Å². The van der Waals surface area contributed by atoms with E-state index in [1.807, 2.05) is 0 Å². The average Bonchev–Trinajstić information content (AvgIpc) is 1.19. The van der Waals surface area contributed by atoms with Crippen LogP contribution in [0.5, 0.6) is 0 Å². The summed E-state index contributed by atoms with van der Waals surface area (Å²) in [5.41, 5.74) is 0. The zero-order chi connectivity index (χ0) is 8.08. The molecule has 56 valence electrons. The van der Waals surface area contributed by atoms with Gasteiger partial charge in [0.05, 0.1) is 0 Å². The summed E-state index contributed by atoms with van der Waals surface area (Å²) in [5.74, 6) is 0. The molecule has 0 spiro atoms. The topological polar surface area (TPSA) is 0 Å². The van der Waals surface area contributed by atoms with Gasteiger partial charge in [-0.25, -0.2) is 0 Å². The van der Waals surface area contributed by atoms with Gasteiger partial charge < -0.3 is 0 Å². The third-order valence-electron chi connectivity index (χ3n) is 0. The Labute approximate surface area is 62.1 Å². The third kappa shape index (κ3) is 4110. The van der Waals surface area contributed by atoms with Crippen LogP contribution in [0.4, 0.5) is 0 Å². The maximum atomic E-state index is 2.33. The van der Waals surface area contributed by atoms with E-state index in [9.17, 15) is 0 Å². The Morgan fingerprint density at radius 2 is 0.778 bits per heavy atom. The maximum Gasteiger partial charge on any atom is 0.130 e. The van der Waals surface area contributed by atoms with Crippen molar-refractivity contribution in [2.24, 2.45) is 0 Å². The molecule has 0 N–H and O–H groups in total. The van der Waals surface area contributed by atoms with Gasteiger partial charge in [-0.05, 0) is 0 Å². The minimum atomic E-state index is -0.611. The Morgan fingerprint density at radius 3 is 0.778 bits per heavy atom. The predicted octanol–water partition coefficient (Wildman–Crippen LogP) is 3.33. The smallest absolute Gasteiger partial charge is 0.0865 e. The van der Waals surface area contributed by atoms with Crippen molar-refractivity contribution < 1.29 is 0 Å². The molecule has 0 radical (unpaired) electrons. The SMILES string of the molecule is CB(C)C.C[Si](C)(C)C. The number of hydrogen-bond donors (Lipinski definition) is 0. The van der Waals surface area contributed by atoms with Crippen LogP contribution in [0, 0.1) is 0 Å². The van der Waals surface area contributed by atoms with Crippen molar-refractivity contribution in [3.63, 3.8) is 0 Å². The lowest BCUT2D eigenvalue weighted by Gasteiger charge is -2.01. The molecule has 0 saturated heterocycles. The molecule has 0 saturated carbocycles. The van der Waals surface area contributed by atoms with Crippen LogP contribution in [0.25, 0.3) is 0 Å². The molecule has 0 amide bonds. The summed E-state index contributed by atoms with van der Waals surface area (Å²) >= 11 is 0. The first-order valence-electron chi connectivity index (χ1n) is 3.73. The number of hydrogen-bond acceptors (Lipinski definition) is 0. The van der Waals surface area contributed by atoms with Gasteiger partial charge >= 0.3 is 0 Å². The summed E-state index contributed by atoms with van der Waals surface area (Å²) in [6.45, 7) is 16.6. The fraction of sp³-hybridized carbons (Fsp3) is 1.00. The highest BCUT2D eigenvalue weighted by Crippen LogP contribution is 1.94. The Morgan fingerprint density at radius 1 is 0.778 bits per heavy atom. The van der Waals surface area contributed by atoms with Crippen LogP contribution in [-0.4, -0.2) is 14.8 Å². The average molecular weight is 144 g/mol. The van der Waals surface area contributed by atoms with E-state index in [0.29, 0.717) is 0 Å². The van der Waals surface area contributed by atoms with Crippen LogP contribution in [0.2, 0.25) is 46.7 Å². The summed E-state index contributed by atoms with van der Waals surface area (Å²) in [6.07, 6.45) is 0. The Kier molecular flexibility index (Phi) is 6.80. The van der Waals surface area contributed by atoms with E-state index in [4.69, 9.17) is 0 Å². The molecule has 0 nitrogen and oxygen atoms in total. The zero-order valence-corrected chi connectivity index (χ0v) is 9.08. The Balaban J connectivity index is 0. The molecule has 0 bridgehead atoms. The summed E-state index contributed by atoms with van der Waals surface area (Å²) in [6, 6.07) is 0. The molecular weight excluding hydrogens is 123 g/mol. The molecule has 2 heteroatoms. The van der Waals surface area contributed by atoms with Crippen molar-refractivity contribution in [1.29, 1.82) is 0 Å². The lowest BCUT2D eigenvalue weighted by Crippen LogP contribution is -2.10. The summed E-state index contributed by atoms with van der Waals surface area (Å²) in [7, 11) is -0.611. The molecule has 0 aromatic carbocycles. The molecule has 0 unspecified atom stereocenters. The Bertz CT molecular complexity index is 45.7. The highest BCUT2D eigenvalue weighted by molar-refractivity contribution is 6.74. The van der Waals surface area contributed by atoms with Crippen LogP contribution in [0.3, 0.4) is 0 Å². The first-order chi connectivity index (χ1) is 3.73. The van der Waals surface area contributed by atoms with Crippen LogP contribution in [0.1, 0.15) is 0 Å². The monoisotopic (exact) mass is 144 g/mol. The summed E-state index contributed by atoms with van der Waals surface area (Å²) in [4.78, 5) is 0. The van der Waals surface area contributed by atoms with E-state index in [-0.39, 0.29) is 0 Å². The van der Waals surface area contributed by atoms with Crippen LogP contribution in [0.15, 0.2) is 0 Å². The van der Waals surface area contributed by atoms with E-state index in [1.54, 1.807) is 0 Å². The lowest BCUT2D eigenvalue weighted by molar-refractivity contribution is 1.71. The zero-order valence-electron chi connectivity index (χ0n) is 8.08. The van der Waals surface area contributed by atoms with Crippen LogP contribution in [-0.2, 0) is 0 Å². The van der Waals surface area contributed by atoms with Crippen molar-refractivity contribution in [2.45, 2.75) is 46.7 Å². The van der Waals surface area contributed by atoms with Crippen molar-refractivity contribution in [2.75, 3.05) is 0 Å². The maximum absolute atomic E-state index is 2.33. The standard InChI is InChI=1S/C4H12Si.C3H9B/c1-5(2,3)4;1-4(2)3/h1-4H3;1-3H3. The fourth-order valence-electron chi connectivity index (χ4n) is 0. The van der Waals surface area contributed by atoms with E-state index < -0.39 is 8.07 Å². The van der Waals surface area contributed by atoms with Crippen molar-refractivity contribution in [3.8, 4) is 0 Å². The summed E-state index contributed by atoms with van der Waals surface area (Å²) < 4.78 is 0. The van der Waals surface area contributed by atoms with Gasteiger partial charge in [0.25, 0.3) is 0 Å². The second-order valence-corrected chi connectivity index (χ2v) is 10.7. The molecule has 0 fully saturated rings. The van der Waals surface area contributed by atoms with Gasteiger partial charge in [0.1, 0.15) is 6.71 Å². The van der Waals surface area contributed by atoms with Crippen LogP contribution < -0.4 is 0 Å². The highest BCUT2D eigenvalue weighted by Gasteiger charge is 1.99. The van der Waals surface area contributed by atoms with E-state index in [0.717, 1.165) is 6.71 Å². The summed E-state index contributed by atoms with van der Waals surface area (Å²) in [5, 5.41) is 0. The lowest BCUT2D eigenvalue weighted by atomic mass is 9.58. The van der Waals surface area contributed by atoms with E-state index in [2.05, 4.69) is 46.7 Å². The minimum absolute atomic E-state index is 0.611. The van der Waals surface area contributed by atoms with Gasteiger partial charge in [0, 0.05) is 8.07 Å². The Hall–Kier alpha value is 0.282. The first-order valence-corrected chi connectivity index (χ1v) is 7.73. The third-order valence-corrected chi connectivity index (χ3v) is 0. The minimum Gasteiger partial charge on any atom is -0.0865 e. The van der Waals surface area contributed by atoms with Crippen molar-refractivity contribution in [3.05, 3.63) is 0 Å². The molecule has 0 aliphatic carbocycles. The molecule has 0 aliphatic heterocycles. The van der Waals surface area contributed by atoms with Gasteiger partial charge in [-0.2, -0.15) is 0 Å². The molecule has 0 atom stereocenters. The molecule has 0 aromatic rings. The van der Waals surface area contributed by atoms with Crippen LogP contribution >= 0.6 is 0 Å². The molecule has 0 aromatic heterocycles. The second kappa shape index (κ2) is 5.10. The largest absolute Gasteiger partial charge is 0.130 e. The highest BCUT2D eigenvalue weighted by atomic mass is 28.3. The fourth-order valence-corrected chi connectivity index (χ4v) is 0. The molecular formula is C7H21BSi. The van der Waals surface area contributed by atoms with Crippen molar-refractivity contribution in [1.82, 2.24) is 0 Å². The van der Waals surface area contributed by atoms with Gasteiger partial charge in [-0.3, -0.25) is 0 Å². The van der Waals surface area contributed by atoms with Gasteiger partial charge in [-0.15, -0.1) is 0 Å².